The van der Waals surface area contributed by atoms with Crippen molar-refractivity contribution in [3.63, 3.8) is 0 Å². The lowest BCUT2D eigenvalue weighted by Gasteiger charge is -2.15. The molecule has 0 N–H and O–H groups in total. The van der Waals surface area contributed by atoms with Crippen LogP contribution in [0.3, 0.4) is 0 Å². The van der Waals surface area contributed by atoms with Crippen molar-refractivity contribution in [2.45, 2.75) is 32.5 Å². The standard InChI is InChI=1S/C10H24BNO/c1-3-4-5-7-12(2)8-10-13-9-6-11/h3-11H2,1-2H3. The fourth-order valence-corrected chi connectivity index (χ4v) is 1.21. The number of nitrogens with zero attached hydrogens (tertiary/aromatic N) is 1. The zero-order chi connectivity index (χ0) is 9.94. The average molecular weight is 185 g/mol. The summed E-state index contributed by atoms with van der Waals surface area (Å²) in [5.41, 5.74) is 0. The number of rotatable bonds is 9. The maximum atomic E-state index is 5.42. The molecule has 0 fully saturated rings. The van der Waals surface area contributed by atoms with E-state index in [1.165, 1.54) is 25.8 Å². The third-order valence-corrected chi connectivity index (χ3v) is 2.11. The molecule has 0 rings (SSSR count). The molecule has 78 valence electrons. The van der Waals surface area contributed by atoms with Crippen LogP contribution in [0.4, 0.5) is 0 Å². The van der Waals surface area contributed by atoms with Gasteiger partial charge in [0.15, 0.2) is 0 Å². The molecule has 0 aromatic carbocycles. The van der Waals surface area contributed by atoms with Crippen LogP contribution in [-0.4, -0.2) is 46.1 Å². The van der Waals surface area contributed by atoms with Gasteiger partial charge in [0, 0.05) is 13.2 Å². The van der Waals surface area contributed by atoms with Gasteiger partial charge in [-0.3, -0.25) is 0 Å². The Kier molecular flexibility index (Phi) is 10.1. The minimum absolute atomic E-state index is 0.885. The normalized spacial score (nSPS) is 11.0. The molecular formula is C10H24BNO. The number of hydrogen-bond donors (Lipinski definition) is 0. The second-order valence-electron chi connectivity index (χ2n) is 3.62. The van der Waals surface area contributed by atoms with Crippen molar-refractivity contribution in [2.75, 3.05) is 33.4 Å². The molecule has 0 radical (unpaired) electrons. The fraction of sp³-hybridized carbons (Fsp3) is 1.00. The summed E-state index contributed by atoms with van der Waals surface area (Å²) in [6.45, 7) is 6.32. The Morgan fingerprint density at radius 3 is 2.54 bits per heavy atom. The van der Waals surface area contributed by atoms with Crippen LogP contribution >= 0.6 is 0 Å². The van der Waals surface area contributed by atoms with Gasteiger partial charge in [-0.25, -0.2) is 0 Å². The highest BCUT2D eigenvalue weighted by atomic mass is 16.5. The predicted octanol–water partition coefficient (Wildman–Crippen LogP) is 1.18. The molecule has 0 heterocycles. The molecule has 0 aliphatic rings. The summed E-state index contributed by atoms with van der Waals surface area (Å²) in [6, 6.07) is 0. The molecule has 0 atom stereocenters. The van der Waals surface area contributed by atoms with Gasteiger partial charge in [0.2, 0.25) is 0 Å². The zero-order valence-electron chi connectivity index (χ0n) is 9.51. The van der Waals surface area contributed by atoms with Gasteiger partial charge in [-0.1, -0.05) is 26.1 Å². The Morgan fingerprint density at radius 1 is 1.15 bits per heavy atom. The van der Waals surface area contributed by atoms with Gasteiger partial charge in [-0.05, 0) is 20.0 Å². The Hall–Kier alpha value is -0.0151. The quantitative estimate of drug-likeness (QED) is 0.395. The topological polar surface area (TPSA) is 12.5 Å². The molecule has 13 heavy (non-hydrogen) atoms. The van der Waals surface area contributed by atoms with Crippen LogP contribution < -0.4 is 0 Å². The van der Waals surface area contributed by atoms with E-state index in [-0.39, 0.29) is 0 Å². The highest BCUT2D eigenvalue weighted by Crippen LogP contribution is 1.95. The maximum absolute atomic E-state index is 5.42. The molecule has 0 spiro atoms. The van der Waals surface area contributed by atoms with E-state index in [1.54, 1.807) is 0 Å². The lowest BCUT2D eigenvalue weighted by molar-refractivity contribution is 0.122. The highest BCUT2D eigenvalue weighted by Gasteiger charge is 1.96. The van der Waals surface area contributed by atoms with E-state index >= 15 is 0 Å². The van der Waals surface area contributed by atoms with Crippen LogP contribution in [0.5, 0.6) is 0 Å². The van der Waals surface area contributed by atoms with Gasteiger partial charge in [0.25, 0.3) is 0 Å². The highest BCUT2D eigenvalue weighted by molar-refractivity contribution is 6.08. The smallest absolute Gasteiger partial charge is 0.104 e. The van der Waals surface area contributed by atoms with E-state index in [9.17, 15) is 0 Å². The van der Waals surface area contributed by atoms with Crippen molar-refractivity contribution in [1.29, 1.82) is 0 Å². The van der Waals surface area contributed by atoms with Crippen LogP contribution in [-0.2, 0) is 4.74 Å². The maximum Gasteiger partial charge on any atom is 0.104 e. The molecule has 0 saturated heterocycles. The molecule has 3 heteroatoms. The van der Waals surface area contributed by atoms with E-state index in [2.05, 4.69) is 26.7 Å². The molecule has 0 saturated carbocycles. The molecule has 0 bridgehead atoms. The summed E-state index contributed by atoms with van der Waals surface area (Å²) in [4.78, 5) is 2.35. The van der Waals surface area contributed by atoms with E-state index < -0.39 is 0 Å². The van der Waals surface area contributed by atoms with Crippen LogP contribution in [0.15, 0.2) is 0 Å². The predicted molar refractivity (Wildman–Crippen MR) is 61.2 cm³/mol. The van der Waals surface area contributed by atoms with Crippen LogP contribution in [0.2, 0.25) is 6.32 Å². The second-order valence-corrected chi connectivity index (χ2v) is 3.62. The molecule has 2 nitrogen and oxygen atoms in total. The summed E-state index contributed by atoms with van der Waals surface area (Å²) in [7, 11) is 4.32. The number of unbranched alkanes of at least 4 members (excludes halogenated alkanes) is 2. The summed E-state index contributed by atoms with van der Waals surface area (Å²) >= 11 is 0. The van der Waals surface area contributed by atoms with Crippen molar-refractivity contribution in [2.24, 2.45) is 0 Å². The van der Waals surface area contributed by atoms with E-state index in [0.29, 0.717) is 0 Å². The van der Waals surface area contributed by atoms with Gasteiger partial charge < -0.3 is 9.64 Å². The second kappa shape index (κ2) is 10.1. The first-order chi connectivity index (χ1) is 6.31. The third kappa shape index (κ3) is 9.90. The van der Waals surface area contributed by atoms with E-state index in [4.69, 9.17) is 4.74 Å². The van der Waals surface area contributed by atoms with Crippen molar-refractivity contribution in [3.05, 3.63) is 0 Å². The first kappa shape index (κ1) is 13.0. The summed E-state index contributed by atoms with van der Waals surface area (Å²) < 4.78 is 5.42. The largest absolute Gasteiger partial charge is 0.381 e. The zero-order valence-corrected chi connectivity index (χ0v) is 9.51. The van der Waals surface area contributed by atoms with Crippen molar-refractivity contribution in [1.82, 2.24) is 4.90 Å². The van der Waals surface area contributed by atoms with Gasteiger partial charge in [0.1, 0.15) is 7.85 Å². The monoisotopic (exact) mass is 185 g/mol. The van der Waals surface area contributed by atoms with Crippen molar-refractivity contribution in [3.8, 4) is 0 Å². The molecule has 0 aromatic rings. The number of likely N-dealkylation sites (N-methyl/N-ethyl adjacent to an activating group) is 1. The molecule has 0 aromatic heterocycles. The summed E-state index contributed by atoms with van der Waals surface area (Å²) in [6.07, 6.45) is 5.10. The Labute approximate surface area is 84.0 Å². The Morgan fingerprint density at radius 2 is 1.92 bits per heavy atom. The van der Waals surface area contributed by atoms with E-state index in [1.807, 2.05) is 0 Å². The number of hydrogen-bond acceptors (Lipinski definition) is 2. The third-order valence-electron chi connectivity index (χ3n) is 2.11. The molecular weight excluding hydrogens is 161 g/mol. The summed E-state index contributed by atoms with van der Waals surface area (Å²) in [5.74, 6) is 0. The van der Waals surface area contributed by atoms with Crippen molar-refractivity contribution >= 4 is 7.85 Å². The van der Waals surface area contributed by atoms with Crippen LogP contribution in [0, 0.1) is 0 Å². The minimum atomic E-state index is 0.885. The fourth-order valence-electron chi connectivity index (χ4n) is 1.21. The number of ether oxygens (including phenoxy) is 1. The van der Waals surface area contributed by atoms with Gasteiger partial charge in [-0.15, -0.1) is 0 Å². The Bertz CT molecular complexity index is 101. The van der Waals surface area contributed by atoms with Gasteiger partial charge >= 0.3 is 0 Å². The Balaban J connectivity index is 3.05. The van der Waals surface area contributed by atoms with E-state index in [0.717, 1.165) is 26.1 Å². The lowest BCUT2D eigenvalue weighted by atomic mass is 10.1. The summed E-state index contributed by atoms with van der Waals surface area (Å²) in [5, 5.41) is 0. The molecule has 0 unspecified atom stereocenters. The van der Waals surface area contributed by atoms with Crippen LogP contribution in [0.1, 0.15) is 26.2 Å². The SMILES string of the molecule is BCCOCCN(C)CCCCC. The first-order valence-electron chi connectivity index (χ1n) is 5.57. The van der Waals surface area contributed by atoms with Gasteiger partial charge in [-0.2, -0.15) is 0 Å². The molecule has 0 amide bonds. The molecule has 0 aliphatic heterocycles. The molecule has 0 aliphatic carbocycles. The average Bonchev–Trinajstić information content (AvgIpc) is 2.13. The van der Waals surface area contributed by atoms with Crippen LogP contribution in [0.25, 0.3) is 0 Å². The lowest BCUT2D eigenvalue weighted by Crippen LogP contribution is -2.24. The minimum Gasteiger partial charge on any atom is -0.381 e. The van der Waals surface area contributed by atoms with Crippen molar-refractivity contribution < 1.29 is 4.74 Å². The first-order valence-corrected chi connectivity index (χ1v) is 5.57. The van der Waals surface area contributed by atoms with Gasteiger partial charge in [0.05, 0.1) is 6.61 Å².